The van der Waals surface area contributed by atoms with Gasteiger partial charge in [-0.2, -0.15) is 0 Å². The summed E-state index contributed by atoms with van der Waals surface area (Å²) in [5, 5.41) is 3.39. The van der Waals surface area contributed by atoms with Gasteiger partial charge in [0.25, 0.3) is 0 Å². The SMILES string of the molecule is CCCC[C@@H](CC)CNC(=O)CSCc1c(F)cccc1Cl. The van der Waals surface area contributed by atoms with E-state index in [0.717, 1.165) is 19.4 Å². The standard InChI is InChI=1S/C17H25ClFNOS/c1-3-5-7-13(4-2)10-20-17(21)12-22-11-14-15(18)8-6-9-16(14)19/h6,8-9,13H,3-5,7,10-12H2,1-2H3,(H,20,21)/t13-/m1/s1. The van der Waals surface area contributed by atoms with Crippen LogP contribution in [-0.4, -0.2) is 18.2 Å². The lowest BCUT2D eigenvalue weighted by Crippen LogP contribution is -2.30. The third-order valence-electron chi connectivity index (χ3n) is 3.67. The molecule has 1 aromatic carbocycles. The fourth-order valence-corrected chi connectivity index (χ4v) is 3.36. The largest absolute Gasteiger partial charge is 0.355 e. The summed E-state index contributed by atoms with van der Waals surface area (Å²) in [6, 6.07) is 4.64. The molecule has 0 aliphatic rings. The number of hydrogen-bond donors (Lipinski definition) is 1. The highest BCUT2D eigenvalue weighted by Crippen LogP contribution is 2.23. The molecule has 0 aliphatic carbocycles. The van der Waals surface area contributed by atoms with Crippen molar-refractivity contribution in [1.29, 1.82) is 0 Å². The van der Waals surface area contributed by atoms with Crippen molar-refractivity contribution in [3.8, 4) is 0 Å². The molecular weight excluding hydrogens is 321 g/mol. The molecule has 1 atom stereocenters. The topological polar surface area (TPSA) is 29.1 Å². The number of hydrogen-bond acceptors (Lipinski definition) is 2. The zero-order valence-electron chi connectivity index (χ0n) is 13.3. The Morgan fingerprint density at radius 1 is 1.41 bits per heavy atom. The molecule has 0 spiro atoms. The summed E-state index contributed by atoms with van der Waals surface area (Å²) >= 11 is 7.34. The first-order valence-corrected chi connectivity index (χ1v) is 9.39. The monoisotopic (exact) mass is 345 g/mol. The van der Waals surface area contributed by atoms with Crippen LogP contribution in [0, 0.1) is 11.7 Å². The summed E-state index contributed by atoms with van der Waals surface area (Å²) in [5.41, 5.74) is 0.469. The first kappa shape index (κ1) is 19.3. The molecule has 1 N–H and O–H groups in total. The Bertz CT molecular complexity index is 450. The van der Waals surface area contributed by atoms with Crippen molar-refractivity contribution in [3.63, 3.8) is 0 Å². The van der Waals surface area contributed by atoms with Gasteiger partial charge >= 0.3 is 0 Å². The van der Waals surface area contributed by atoms with Gasteiger partial charge in [0.2, 0.25) is 5.91 Å². The molecule has 0 aromatic heterocycles. The molecule has 2 nitrogen and oxygen atoms in total. The molecule has 0 bridgehead atoms. The molecule has 0 unspecified atom stereocenters. The summed E-state index contributed by atoms with van der Waals surface area (Å²) in [7, 11) is 0. The highest BCUT2D eigenvalue weighted by molar-refractivity contribution is 7.99. The van der Waals surface area contributed by atoms with E-state index in [4.69, 9.17) is 11.6 Å². The van der Waals surface area contributed by atoms with Crippen LogP contribution in [-0.2, 0) is 10.5 Å². The van der Waals surface area contributed by atoms with Crippen molar-refractivity contribution in [2.24, 2.45) is 5.92 Å². The molecule has 1 amide bonds. The van der Waals surface area contributed by atoms with Crippen LogP contribution in [0.2, 0.25) is 5.02 Å². The fraction of sp³-hybridized carbons (Fsp3) is 0.588. The fourth-order valence-electron chi connectivity index (χ4n) is 2.17. The molecule has 124 valence electrons. The molecule has 5 heteroatoms. The van der Waals surface area contributed by atoms with Gasteiger partial charge in [0, 0.05) is 22.9 Å². The Morgan fingerprint density at radius 2 is 2.18 bits per heavy atom. The van der Waals surface area contributed by atoms with Crippen molar-refractivity contribution in [2.75, 3.05) is 12.3 Å². The smallest absolute Gasteiger partial charge is 0.230 e. The number of carbonyl (C=O) groups is 1. The molecule has 22 heavy (non-hydrogen) atoms. The minimum Gasteiger partial charge on any atom is -0.355 e. The summed E-state index contributed by atoms with van der Waals surface area (Å²) in [6.07, 6.45) is 4.63. The van der Waals surface area contributed by atoms with E-state index in [0.29, 0.717) is 28.0 Å². The van der Waals surface area contributed by atoms with Crippen molar-refractivity contribution in [1.82, 2.24) is 5.32 Å². The lowest BCUT2D eigenvalue weighted by molar-refractivity contribution is -0.118. The lowest BCUT2D eigenvalue weighted by atomic mass is 9.99. The second-order valence-corrected chi connectivity index (χ2v) is 6.81. The molecule has 0 fully saturated rings. The molecule has 0 saturated heterocycles. The van der Waals surface area contributed by atoms with Crippen LogP contribution in [0.5, 0.6) is 0 Å². The second-order valence-electron chi connectivity index (χ2n) is 5.41. The van der Waals surface area contributed by atoms with Crippen LogP contribution in [0.3, 0.4) is 0 Å². The quantitative estimate of drug-likeness (QED) is 0.643. The van der Waals surface area contributed by atoms with E-state index < -0.39 is 0 Å². The van der Waals surface area contributed by atoms with Crippen LogP contribution in [0.15, 0.2) is 18.2 Å². The summed E-state index contributed by atoms with van der Waals surface area (Å²) in [5.74, 6) is 0.981. The third-order valence-corrected chi connectivity index (χ3v) is 4.99. The van der Waals surface area contributed by atoms with Gasteiger partial charge in [-0.25, -0.2) is 4.39 Å². The maximum atomic E-state index is 13.6. The van der Waals surface area contributed by atoms with Gasteiger partial charge < -0.3 is 5.32 Å². The minimum atomic E-state index is -0.314. The number of benzene rings is 1. The highest BCUT2D eigenvalue weighted by atomic mass is 35.5. The van der Waals surface area contributed by atoms with Crippen LogP contribution < -0.4 is 5.32 Å². The lowest BCUT2D eigenvalue weighted by Gasteiger charge is -2.15. The molecular formula is C17H25ClFNOS. The maximum absolute atomic E-state index is 13.6. The predicted molar refractivity (Wildman–Crippen MR) is 93.9 cm³/mol. The zero-order chi connectivity index (χ0) is 16.4. The van der Waals surface area contributed by atoms with Crippen LogP contribution in [0.4, 0.5) is 4.39 Å². The van der Waals surface area contributed by atoms with Crippen molar-refractivity contribution in [3.05, 3.63) is 34.6 Å². The minimum absolute atomic E-state index is 0.00686. The Hall–Kier alpha value is -0.740. The molecule has 0 heterocycles. The Kier molecular flexibility index (Phi) is 9.56. The van der Waals surface area contributed by atoms with Crippen LogP contribution >= 0.6 is 23.4 Å². The Morgan fingerprint density at radius 3 is 2.82 bits per heavy atom. The summed E-state index contributed by atoms with van der Waals surface area (Å²) in [4.78, 5) is 11.8. The van der Waals surface area contributed by atoms with Gasteiger partial charge in [-0.1, -0.05) is 50.8 Å². The zero-order valence-corrected chi connectivity index (χ0v) is 14.9. The van der Waals surface area contributed by atoms with Crippen molar-refractivity contribution in [2.45, 2.75) is 45.3 Å². The number of unbranched alkanes of at least 4 members (excludes halogenated alkanes) is 1. The number of thioether (sulfide) groups is 1. The van der Waals surface area contributed by atoms with Crippen LogP contribution in [0.1, 0.15) is 45.1 Å². The average molecular weight is 346 g/mol. The van der Waals surface area contributed by atoms with Crippen LogP contribution in [0.25, 0.3) is 0 Å². The first-order valence-electron chi connectivity index (χ1n) is 7.85. The van der Waals surface area contributed by atoms with E-state index >= 15 is 0 Å². The normalized spacial score (nSPS) is 12.2. The first-order chi connectivity index (χ1) is 10.6. The molecule has 0 saturated carbocycles. The van der Waals surface area contributed by atoms with E-state index in [2.05, 4.69) is 19.2 Å². The highest BCUT2D eigenvalue weighted by Gasteiger charge is 2.10. The Balaban J connectivity index is 2.28. The number of carbonyl (C=O) groups excluding carboxylic acids is 1. The Labute approximate surface area is 142 Å². The maximum Gasteiger partial charge on any atom is 0.230 e. The number of halogens is 2. The van der Waals surface area contributed by atoms with Crippen molar-refractivity contribution < 1.29 is 9.18 Å². The van der Waals surface area contributed by atoms with Crippen molar-refractivity contribution >= 4 is 29.3 Å². The van der Waals surface area contributed by atoms with Gasteiger partial charge in [0.05, 0.1) is 5.75 Å². The summed E-state index contributed by atoms with van der Waals surface area (Å²) in [6.45, 7) is 5.06. The molecule has 1 aromatic rings. The van der Waals surface area contributed by atoms with Gasteiger partial charge in [0.15, 0.2) is 0 Å². The predicted octanol–water partition coefficient (Wildman–Crippen LogP) is 5.04. The molecule has 1 rings (SSSR count). The molecule has 0 radical (unpaired) electrons. The van der Waals surface area contributed by atoms with E-state index in [1.54, 1.807) is 12.1 Å². The van der Waals surface area contributed by atoms with Gasteiger partial charge in [-0.3, -0.25) is 4.79 Å². The van der Waals surface area contributed by atoms with E-state index in [9.17, 15) is 9.18 Å². The van der Waals surface area contributed by atoms with E-state index in [1.807, 2.05) is 0 Å². The van der Waals surface area contributed by atoms with E-state index in [-0.39, 0.29) is 11.7 Å². The van der Waals surface area contributed by atoms with Gasteiger partial charge in [-0.05, 0) is 24.5 Å². The van der Waals surface area contributed by atoms with Gasteiger partial charge in [0.1, 0.15) is 5.82 Å². The number of nitrogens with one attached hydrogen (secondary N) is 1. The van der Waals surface area contributed by atoms with E-state index in [1.165, 1.54) is 30.7 Å². The number of rotatable bonds is 10. The summed E-state index contributed by atoms with van der Waals surface area (Å²) < 4.78 is 13.6. The molecule has 0 aliphatic heterocycles. The third kappa shape index (κ3) is 7.01. The second kappa shape index (κ2) is 10.9. The van der Waals surface area contributed by atoms with Gasteiger partial charge in [-0.15, -0.1) is 11.8 Å². The average Bonchev–Trinajstić information content (AvgIpc) is 2.50. The number of amides is 1.